The van der Waals surface area contributed by atoms with E-state index in [1.165, 1.54) is 17.9 Å². The molecule has 258 valence electrons. The van der Waals surface area contributed by atoms with Crippen molar-refractivity contribution < 1.29 is 36.5 Å². The standard InChI is InChI=1S/C33H30ClF5N6O3S/c1-14(46)27-15(2)48-28-23-26(25(39)22(24(28)34)17-4-5-19(36)29-21(17)18(11-40)30(41)49-29)42-32(43-31(23)45(27)9-6-20(37)38)47-13-33-7-3-8-44(33)12-16(35)10-33/h4-5,14,16,20,27,46H,2-3,6-10,12-13,41H2,1H3/t14-,16-,27+,33+/m1/s1. The predicted molar refractivity (Wildman–Crippen MR) is 176 cm³/mol. The van der Waals surface area contributed by atoms with Crippen molar-refractivity contribution in [3.63, 3.8) is 0 Å². The molecule has 7 rings (SSSR count). The summed E-state index contributed by atoms with van der Waals surface area (Å²) in [7, 11) is 0. The molecule has 3 aliphatic heterocycles. The van der Waals surface area contributed by atoms with E-state index in [2.05, 4.69) is 16.5 Å². The van der Waals surface area contributed by atoms with Gasteiger partial charge in [-0.2, -0.15) is 15.2 Å². The van der Waals surface area contributed by atoms with E-state index in [0.717, 1.165) is 23.8 Å². The van der Waals surface area contributed by atoms with Crippen LogP contribution in [0, 0.1) is 23.0 Å². The first-order valence-corrected chi connectivity index (χ1v) is 16.8. The Morgan fingerprint density at radius 2 is 2.08 bits per heavy atom. The number of alkyl halides is 3. The molecule has 2 saturated heterocycles. The third-order valence-corrected chi connectivity index (χ3v) is 11.0. The van der Waals surface area contributed by atoms with Crippen molar-refractivity contribution in [3.05, 3.63) is 46.7 Å². The summed E-state index contributed by atoms with van der Waals surface area (Å²) in [5, 5.41) is 20.4. The third-order valence-electron chi connectivity index (χ3n) is 9.59. The van der Waals surface area contributed by atoms with Gasteiger partial charge >= 0.3 is 6.01 Å². The zero-order chi connectivity index (χ0) is 34.9. The number of thiophene rings is 1. The number of ether oxygens (including phenoxy) is 2. The number of hydrogen-bond donors (Lipinski definition) is 2. The number of aliphatic hydroxyl groups excluding tert-OH is 1. The maximum Gasteiger partial charge on any atom is 0.319 e. The van der Waals surface area contributed by atoms with Gasteiger partial charge in [-0.05, 0) is 37.9 Å². The van der Waals surface area contributed by atoms with E-state index in [0.29, 0.717) is 13.0 Å². The maximum atomic E-state index is 17.2. The van der Waals surface area contributed by atoms with Gasteiger partial charge < -0.3 is 25.2 Å². The second-order valence-corrected chi connectivity index (χ2v) is 14.1. The van der Waals surface area contributed by atoms with Gasteiger partial charge in [0.05, 0.1) is 32.3 Å². The molecular formula is C33H30ClF5N6O3S. The van der Waals surface area contributed by atoms with E-state index in [1.54, 1.807) is 0 Å². The molecule has 3 N–H and O–H groups in total. The molecule has 3 aliphatic rings. The summed E-state index contributed by atoms with van der Waals surface area (Å²) < 4.78 is 86.2. The Labute approximate surface area is 286 Å². The van der Waals surface area contributed by atoms with Gasteiger partial charge in [0.15, 0.2) is 11.6 Å². The fourth-order valence-electron chi connectivity index (χ4n) is 7.50. The molecule has 9 nitrogen and oxygen atoms in total. The number of hydrogen-bond acceptors (Lipinski definition) is 10. The van der Waals surface area contributed by atoms with E-state index in [1.807, 2.05) is 11.0 Å². The first-order chi connectivity index (χ1) is 23.3. The van der Waals surface area contributed by atoms with E-state index < -0.39 is 48.3 Å². The quantitative estimate of drug-likeness (QED) is 0.186. The number of nitriles is 1. The van der Waals surface area contributed by atoms with Crippen molar-refractivity contribution in [1.82, 2.24) is 14.9 Å². The Morgan fingerprint density at radius 1 is 1.31 bits per heavy atom. The van der Waals surface area contributed by atoms with Crippen LogP contribution in [0.25, 0.3) is 32.1 Å². The molecule has 0 radical (unpaired) electrons. The van der Waals surface area contributed by atoms with Gasteiger partial charge in [-0.1, -0.05) is 24.2 Å². The summed E-state index contributed by atoms with van der Waals surface area (Å²) in [6.45, 7) is 5.92. The molecule has 4 aromatic rings. The molecule has 5 heterocycles. The molecule has 4 atom stereocenters. The van der Waals surface area contributed by atoms with Gasteiger partial charge in [0.25, 0.3) is 0 Å². The van der Waals surface area contributed by atoms with Crippen molar-refractivity contribution in [1.29, 1.82) is 5.26 Å². The van der Waals surface area contributed by atoms with Crippen LogP contribution in [-0.2, 0) is 0 Å². The summed E-state index contributed by atoms with van der Waals surface area (Å²) in [5.41, 5.74) is 4.67. The fourth-order valence-corrected chi connectivity index (χ4v) is 8.77. The number of aromatic nitrogens is 2. The van der Waals surface area contributed by atoms with Crippen LogP contribution < -0.4 is 20.1 Å². The third kappa shape index (κ3) is 5.40. The molecule has 2 fully saturated rings. The van der Waals surface area contributed by atoms with Crippen LogP contribution in [0.2, 0.25) is 5.02 Å². The number of rotatable bonds is 8. The molecule has 16 heteroatoms. The summed E-state index contributed by atoms with van der Waals surface area (Å²) in [6, 6.07) is 2.83. The Kier molecular flexibility index (Phi) is 8.49. The van der Waals surface area contributed by atoms with Crippen molar-refractivity contribution in [2.45, 2.75) is 62.9 Å². The van der Waals surface area contributed by atoms with Crippen LogP contribution in [0.1, 0.15) is 38.2 Å². The molecule has 0 amide bonds. The van der Waals surface area contributed by atoms with Crippen LogP contribution in [-0.4, -0.2) is 76.5 Å². The topological polar surface area (TPSA) is 121 Å². The molecule has 0 unspecified atom stereocenters. The Bertz CT molecular complexity index is 2060. The zero-order valence-electron chi connectivity index (χ0n) is 26.1. The van der Waals surface area contributed by atoms with Crippen LogP contribution in [0.15, 0.2) is 24.5 Å². The number of anilines is 2. The van der Waals surface area contributed by atoms with E-state index in [9.17, 15) is 27.9 Å². The highest BCUT2D eigenvalue weighted by Gasteiger charge is 2.49. The molecular weight excluding hydrogens is 691 g/mol. The van der Waals surface area contributed by atoms with Crippen molar-refractivity contribution in [2.24, 2.45) is 0 Å². The van der Waals surface area contributed by atoms with Gasteiger partial charge in [0, 0.05) is 36.9 Å². The summed E-state index contributed by atoms with van der Waals surface area (Å²) >= 11 is 7.76. The molecule has 0 aliphatic carbocycles. The number of benzene rings is 2. The van der Waals surface area contributed by atoms with E-state index in [4.69, 9.17) is 26.8 Å². The van der Waals surface area contributed by atoms with Crippen molar-refractivity contribution >= 4 is 54.7 Å². The van der Waals surface area contributed by atoms with Crippen molar-refractivity contribution in [2.75, 3.05) is 36.9 Å². The largest absolute Gasteiger partial charge is 0.461 e. The first kappa shape index (κ1) is 33.5. The lowest BCUT2D eigenvalue weighted by Crippen LogP contribution is -2.46. The lowest BCUT2D eigenvalue weighted by molar-refractivity contribution is 0.107. The van der Waals surface area contributed by atoms with Gasteiger partial charge in [-0.15, -0.1) is 11.3 Å². The van der Waals surface area contributed by atoms with Crippen LogP contribution in [0.5, 0.6) is 11.8 Å². The summed E-state index contributed by atoms with van der Waals surface area (Å²) in [6.07, 6.45) is -3.95. The first-order valence-electron chi connectivity index (χ1n) is 15.6. The minimum Gasteiger partial charge on any atom is -0.461 e. The second-order valence-electron chi connectivity index (χ2n) is 12.6. The number of nitrogens with zero attached hydrogens (tertiary/aromatic N) is 5. The minimum absolute atomic E-state index is 0.00107. The fraction of sp³-hybridized carbons (Fsp3) is 0.424. The number of nitrogen functional groups attached to an aromatic ring is 1. The molecule has 2 aromatic carbocycles. The molecule has 49 heavy (non-hydrogen) atoms. The monoisotopic (exact) mass is 720 g/mol. The molecule has 0 saturated carbocycles. The number of fused-ring (bicyclic) bond motifs is 2. The Balaban J connectivity index is 1.49. The van der Waals surface area contributed by atoms with Gasteiger partial charge in [-0.25, -0.2) is 22.0 Å². The number of aliphatic hydroxyl groups is 1. The highest BCUT2D eigenvalue weighted by Crippen LogP contribution is 2.52. The van der Waals surface area contributed by atoms with E-state index in [-0.39, 0.29) is 97.2 Å². The second kappa shape index (κ2) is 12.4. The van der Waals surface area contributed by atoms with Crippen LogP contribution in [0.4, 0.5) is 32.8 Å². The highest BCUT2D eigenvalue weighted by molar-refractivity contribution is 7.23. The Hall–Kier alpha value is -3.97. The van der Waals surface area contributed by atoms with Crippen LogP contribution >= 0.6 is 22.9 Å². The SMILES string of the molecule is C=C1Oc2c(Cl)c(-c3ccc(F)c4sc(N)c(C#N)c34)c(F)c3nc(OC[C@@]45CCCN4C[C@H](F)C5)nc(c23)N(CCC(F)F)[C@H]1[C@@H](C)O. The van der Waals surface area contributed by atoms with Gasteiger partial charge in [0.2, 0.25) is 6.43 Å². The average Bonchev–Trinajstić information content (AvgIpc) is 3.66. The lowest BCUT2D eigenvalue weighted by atomic mass is 9.95. The van der Waals surface area contributed by atoms with Crippen LogP contribution in [0.3, 0.4) is 0 Å². The highest BCUT2D eigenvalue weighted by atomic mass is 35.5. The number of nitrogens with two attached hydrogens (primary N) is 1. The van der Waals surface area contributed by atoms with Gasteiger partial charge in [-0.3, -0.25) is 4.90 Å². The molecule has 0 bridgehead atoms. The zero-order valence-corrected chi connectivity index (χ0v) is 27.7. The molecule has 0 spiro atoms. The normalized spacial score (nSPS) is 22.9. The minimum atomic E-state index is -2.74. The summed E-state index contributed by atoms with van der Waals surface area (Å²) in [4.78, 5) is 12.3. The molecule has 2 aromatic heterocycles. The summed E-state index contributed by atoms with van der Waals surface area (Å²) in [5.74, 6) is -2.12. The smallest absolute Gasteiger partial charge is 0.319 e. The van der Waals surface area contributed by atoms with E-state index >= 15 is 4.39 Å². The Morgan fingerprint density at radius 3 is 2.80 bits per heavy atom. The lowest BCUT2D eigenvalue weighted by Gasteiger charge is -2.34. The number of halogens is 6. The maximum absolute atomic E-state index is 17.2. The average molecular weight is 721 g/mol. The predicted octanol–water partition coefficient (Wildman–Crippen LogP) is 6.97. The van der Waals surface area contributed by atoms with Gasteiger partial charge in [0.1, 0.15) is 52.8 Å². The van der Waals surface area contributed by atoms with Crippen molar-refractivity contribution in [3.8, 4) is 29.0 Å².